The summed E-state index contributed by atoms with van der Waals surface area (Å²) in [6, 6.07) is 8.62. The summed E-state index contributed by atoms with van der Waals surface area (Å²) < 4.78 is 10.8. The minimum absolute atomic E-state index is 0.124. The predicted octanol–water partition coefficient (Wildman–Crippen LogP) is 2.70. The molecule has 0 spiro atoms. The van der Waals surface area contributed by atoms with Crippen molar-refractivity contribution in [2.45, 2.75) is 64.3 Å². The normalized spacial score (nSPS) is 16.2. The van der Waals surface area contributed by atoms with Gasteiger partial charge in [-0.1, -0.05) is 18.2 Å². The number of rotatable bonds is 8. The Morgan fingerprint density at radius 1 is 1.14 bits per heavy atom. The standard InChI is InChI=1S/C27H34N4O6/c1-27(2,3)37-25(34)21(15-18-8-10-20(11-9-18)36-26(35)30(4)5)29-24(33)22-12-13-23(32)31(22)17-19-7-6-14-28-16-19/h6-11,14,16,21-22H,12-13,15,17H2,1-5H3,(H,29,33)/t21-,22-/m0/s1. The summed E-state index contributed by atoms with van der Waals surface area (Å²) >= 11 is 0. The molecule has 198 valence electrons. The first-order valence-electron chi connectivity index (χ1n) is 12.1. The zero-order valence-electron chi connectivity index (χ0n) is 21.9. The highest BCUT2D eigenvalue weighted by atomic mass is 16.6. The molecule has 2 atom stereocenters. The molecule has 1 aliphatic rings. The number of pyridine rings is 1. The number of amides is 3. The van der Waals surface area contributed by atoms with Crippen LogP contribution >= 0.6 is 0 Å². The van der Waals surface area contributed by atoms with Crippen LogP contribution < -0.4 is 10.1 Å². The van der Waals surface area contributed by atoms with Crippen molar-refractivity contribution < 1.29 is 28.7 Å². The van der Waals surface area contributed by atoms with Gasteiger partial charge >= 0.3 is 12.1 Å². The Kier molecular flexibility index (Phi) is 8.86. The monoisotopic (exact) mass is 510 g/mol. The van der Waals surface area contributed by atoms with Crippen LogP contribution in [0.4, 0.5) is 4.79 Å². The molecule has 37 heavy (non-hydrogen) atoms. The van der Waals surface area contributed by atoms with Crippen LogP contribution in [0.15, 0.2) is 48.8 Å². The SMILES string of the molecule is CN(C)C(=O)Oc1ccc(C[C@H](NC(=O)[C@@H]2CCC(=O)N2Cc2cccnc2)C(=O)OC(C)(C)C)cc1. The topological polar surface area (TPSA) is 118 Å². The van der Waals surface area contributed by atoms with E-state index < -0.39 is 35.7 Å². The molecule has 2 heterocycles. The fraction of sp³-hybridized carbons (Fsp3) is 0.444. The van der Waals surface area contributed by atoms with E-state index in [2.05, 4.69) is 10.3 Å². The van der Waals surface area contributed by atoms with Crippen LogP contribution in [-0.4, -0.2) is 70.4 Å². The van der Waals surface area contributed by atoms with Gasteiger partial charge in [-0.15, -0.1) is 0 Å². The molecule has 0 aliphatic carbocycles. The van der Waals surface area contributed by atoms with Crippen LogP contribution in [0.3, 0.4) is 0 Å². The molecule has 0 saturated carbocycles. The zero-order valence-corrected chi connectivity index (χ0v) is 21.9. The molecule has 1 fully saturated rings. The molecule has 1 aromatic carbocycles. The number of benzene rings is 1. The molecule has 1 aliphatic heterocycles. The third kappa shape index (κ3) is 8.03. The van der Waals surface area contributed by atoms with E-state index in [1.807, 2.05) is 6.07 Å². The van der Waals surface area contributed by atoms with Gasteiger partial charge in [-0.05, 0) is 56.5 Å². The van der Waals surface area contributed by atoms with Crippen LogP contribution in [-0.2, 0) is 32.1 Å². The molecule has 0 unspecified atom stereocenters. The number of hydrogen-bond acceptors (Lipinski definition) is 7. The maximum absolute atomic E-state index is 13.3. The number of likely N-dealkylation sites (tertiary alicyclic amines) is 1. The lowest BCUT2D eigenvalue weighted by Crippen LogP contribution is -2.52. The Balaban J connectivity index is 1.74. The van der Waals surface area contributed by atoms with Gasteiger partial charge in [-0.3, -0.25) is 14.6 Å². The first-order chi connectivity index (χ1) is 17.4. The predicted molar refractivity (Wildman–Crippen MR) is 135 cm³/mol. The summed E-state index contributed by atoms with van der Waals surface area (Å²) in [5, 5.41) is 2.81. The molecule has 1 N–H and O–H groups in total. The second kappa shape index (κ2) is 11.9. The molecule has 3 rings (SSSR count). The van der Waals surface area contributed by atoms with Gasteiger partial charge in [0.15, 0.2) is 0 Å². The summed E-state index contributed by atoms with van der Waals surface area (Å²) in [7, 11) is 3.17. The number of hydrogen-bond donors (Lipinski definition) is 1. The maximum atomic E-state index is 13.3. The Labute approximate surface area is 216 Å². The highest BCUT2D eigenvalue weighted by Gasteiger charge is 2.38. The van der Waals surface area contributed by atoms with Crippen molar-refractivity contribution in [2.75, 3.05) is 14.1 Å². The third-order valence-electron chi connectivity index (χ3n) is 5.65. The van der Waals surface area contributed by atoms with Crippen LogP contribution in [0.2, 0.25) is 0 Å². The minimum atomic E-state index is -0.974. The second-order valence-corrected chi connectivity index (χ2v) is 10.1. The Hall–Kier alpha value is -3.95. The van der Waals surface area contributed by atoms with Gasteiger partial charge in [0.1, 0.15) is 23.4 Å². The van der Waals surface area contributed by atoms with Crippen molar-refractivity contribution in [1.29, 1.82) is 0 Å². The number of ether oxygens (including phenoxy) is 2. The summed E-state index contributed by atoms with van der Waals surface area (Å²) in [6.07, 6.45) is 3.56. The lowest BCUT2D eigenvalue weighted by molar-refractivity contribution is -0.159. The first kappa shape index (κ1) is 27.6. The largest absolute Gasteiger partial charge is 0.458 e. The molecular formula is C27H34N4O6. The van der Waals surface area contributed by atoms with E-state index in [9.17, 15) is 19.2 Å². The van der Waals surface area contributed by atoms with E-state index in [1.165, 1.54) is 9.80 Å². The van der Waals surface area contributed by atoms with Gasteiger partial charge < -0.3 is 24.6 Å². The van der Waals surface area contributed by atoms with Gasteiger partial charge in [0.05, 0.1) is 0 Å². The molecule has 1 aromatic heterocycles. The fourth-order valence-corrected chi connectivity index (χ4v) is 3.85. The summed E-state index contributed by atoms with van der Waals surface area (Å²) in [5.74, 6) is -0.759. The van der Waals surface area contributed by atoms with Gasteiger partial charge in [-0.25, -0.2) is 9.59 Å². The van der Waals surface area contributed by atoms with Crippen molar-refractivity contribution in [1.82, 2.24) is 20.1 Å². The number of aromatic nitrogens is 1. The minimum Gasteiger partial charge on any atom is -0.458 e. The second-order valence-electron chi connectivity index (χ2n) is 10.1. The van der Waals surface area contributed by atoms with E-state index in [-0.39, 0.29) is 25.3 Å². The Morgan fingerprint density at radius 2 is 1.84 bits per heavy atom. The van der Waals surface area contributed by atoms with Crippen molar-refractivity contribution in [3.63, 3.8) is 0 Å². The highest BCUT2D eigenvalue weighted by molar-refractivity contribution is 5.93. The average Bonchev–Trinajstić information content (AvgIpc) is 3.19. The number of nitrogens with one attached hydrogen (secondary N) is 1. The number of esters is 1. The smallest absolute Gasteiger partial charge is 0.414 e. The maximum Gasteiger partial charge on any atom is 0.414 e. The van der Waals surface area contributed by atoms with Crippen molar-refractivity contribution in [2.24, 2.45) is 0 Å². The molecule has 0 radical (unpaired) electrons. The molecule has 2 aromatic rings. The highest BCUT2D eigenvalue weighted by Crippen LogP contribution is 2.22. The summed E-state index contributed by atoms with van der Waals surface area (Å²) in [4.78, 5) is 57.6. The zero-order chi connectivity index (χ0) is 27.2. The van der Waals surface area contributed by atoms with E-state index in [4.69, 9.17) is 9.47 Å². The van der Waals surface area contributed by atoms with Crippen molar-refractivity contribution >= 4 is 23.9 Å². The van der Waals surface area contributed by atoms with Crippen LogP contribution in [0.5, 0.6) is 5.75 Å². The number of carbonyl (C=O) groups excluding carboxylic acids is 4. The molecule has 3 amide bonds. The van der Waals surface area contributed by atoms with Crippen molar-refractivity contribution in [3.05, 3.63) is 59.9 Å². The van der Waals surface area contributed by atoms with Gasteiger partial charge in [0.2, 0.25) is 11.8 Å². The third-order valence-corrected chi connectivity index (χ3v) is 5.65. The first-order valence-corrected chi connectivity index (χ1v) is 12.1. The Morgan fingerprint density at radius 3 is 2.43 bits per heavy atom. The van der Waals surface area contributed by atoms with E-state index in [1.54, 1.807) is 77.6 Å². The Bertz CT molecular complexity index is 1110. The van der Waals surface area contributed by atoms with Crippen molar-refractivity contribution in [3.8, 4) is 5.75 Å². The van der Waals surface area contributed by atoms with Gasteiger partial charge in [0, 0.05) is 45.9 Å². The molecule has 10 nitrogen and oxygen atoms in total. The van der Waals surface area contributed by atoms with Crippen LogP contribution in [0.25, 0.3) is 0 Å². The molecule has 1 saturated heterocycles. The lowest BCUT2D eigenvalue weighted by atomic mass is 10.0. The van der Waals surface area contributed by atoms with E-state index in [0.29, 0.717) is 12.2 Å². The summed E-state index contributed by atoms with van der Waals surface area (Å²) in [5.41, 5.74) is 0.796. The van der Waals surface area contributed by atoms with Gasteiger partial charge in [0.25, 0.3) is 0 Å². The van der Waals surface area contributed by atoms with E-state index >= 15 is 0 Å². The molecular weight excluding hydrogens is 476 g/mol. The quantitative estimate of drug-likeness (QED) is 0.543. The number of carbonyl (C=O) groups is 4. The molecule has 0 bridgehead atoms. The number of nitrogens with zero attached hydrogens (tertiary/aromatic N) is 3. The van der Waals surface area contributed by atoms with E-state index in [0.717, 1.165) is 11.1 Å². The average molecular weight is 511 g/mol. The van der Waals surface area contributed by atoms with Gasteiger partial charge in [-0.2, -0.15) is 0 Å². The van der Waals surface area contributed by atoms with Crippen LogP contribution in [0, 0.1) is 0 Å². The lowest BCUT2D eigenvalue weighted by Gasteiger charge is -2.28. The summed E-state index contributed by atoms with van der Waals surface area (Å²) in [6.45, 7) is 5.52. The van der Waals surface area contributed by atoms with Crippen LogP contribution in [0.1, 0.15) is 44.7 Å². The molecule has 10 heteroatoms. The fourth-order valence-electron chi connectivity index (χ4n) is 3.85.